The number of nitrogens with one attached hydrogen (secondary N) is 1. The van der Waals surface area contributed by atoms with E-state index in [0.29, 0.717) is 5.56 Å². The lowest BCUT2D eigenvalue weighted by molar-refractivity contribution is 0.0891. The summed E-state index contributed by atoms with van der Waals surface area (Å²) in [6.07, 6.45) is -2.51. The van der Waals surface area contributed by atoms with Gasteiger partial charge in [-0.3, -0.25) is 4.79 Å². The number of carbonyl (C=O) groups is 1. The molecular weight excluding hydrogens is 188 g/mol. The van der Waals surface area contributed by atoms with Crippen LogP contribution in [0.15, 0.2) is 24.3 Å². The van der Waals surface area contributed by atoms with Gasteiger partial charge in [0.25, 0.3) is 12.3 Å². The lowest BCUT2D eigenvalue weighted by Gasteiger charge is -2.04. The second kappa shape index (κ2) is 4.69. The second-order valence-electron chi connectivity index (χ2n) is 2.97. The van der Waals surface area contributed by atoms with Gasteiger partial charge in [0.05, 0.1) is 6.54 Å². The highest BCUT2D eigenvalue weighted by molar-refractivity contribution is 5.94. The van der Waals surface area contributed by atoms with Gasteiger partial charge in [0.15, 0.2) is 0 Å². The molecule has 0 spiro atoms. The first-order valence-corrected chi connectivity index (χ1v) is 4.22. The zero-order valence-electron chi connectivity index (χ0n) is 7.76. The van der Waals surface area contributed by atoms with Crippen molar-refractivity contribution >= 4 is 5.91 Å². The molecule has 0 aliphatic carbocycles. The number of benzene rings is 1. The zero-order valence-corrected chi connectivity index (χ0v) is 7.76. The molecule has 2 nitrogen and oxygen atoms in total. The van der Waals surface area contributed by atoms with Crippen LogP contribution in [-0.2, 0) is 0 Å². The van der Waals surface area contributed by atoms with Crippen molar-refractivity contribution in [3.63, 3.8) is 0 Å². The quantitative estimate of drug-likeness (QED) is 0.792. The Bertz CT molecular complexity index is 308. The first-order valence-electron chi connectivity index (χ1n) is 4.22. The lowest BCUT2D eigenvalue weighted by atomic mass is 10.1. The summed E-state index contributed by atoms with van der Waals surface area (Å²) < 4.78 is 23.5. The third kappa shape index (κ3) is 3.12. The molecule has 0 saturated heterocycles. The molecule has 1 rings (SSSR count). The van der Waals surface area contributed by atoms with Crippen molar-refractivity contribution < 1.29 is 13.6 Å². The normalized spacial score (nSPS) is 10.3. The fraction of sp³-hybridized carbons (Fsp3) is 0.300. The number of carbonyl (C=O) groups excluding carboxylic acids is 1. The topological polar surface area (TPSA) is 29.1 Å². The van der Waals surface area contributed by atoms with Crippen molar-refractivity contribution in [2.75, 3.05) is 6.54 Å². The summed E-state index contributed by atoms with van der Waals surface area (Å²) in [6.45, 7) is 1.29. The van der Waals surface area contributed by atoms with Crippen LogP contribution >= 0.6 is 0 Å². The molecule has 1 aromatic rings. The van der Waals surface area contributed by atoms with E-state index < -0.39 is 18.9 Å². The highest BCUT2D eigenvalue weighted by Gasteiger charge is 2.07. The summed E-state index contributed by atoms with van der Waals surface area (Å²) in [5, 5.41) is 2.13. The molecule has 1 amide bonds. The van der Waals surface area contributed by atoms with E-state index in [2.05, 4.69) is 5.32 Å². The van der Waals surface area contributed by atoms with Gasteiger partial charge in [-0.05, 0) is 19.1 Å². The Morgan fingerprint density at radius 3 is 2.43 bits per heavy atom. The minimum Gasteiger partial charge on any atom is -0.346 e. The molecule has 0 radical (unpaired) electrons. The van der Waals surface area contributed by atoms with Crippen LogP contribution in [-0.4, -0.2) is 18.9 Å². The Balaban J connectivity index is 2.57. The van der Waals surface area contributed by atoms with Crippen LogP contribution in [0.4, 0.5) is 8.78 Å². The van der Waals surface area contributed by atoms with Gasteiger partial charge < -0.3 is 5.32 Å². The van der Waals surface area contributed by atoms with Gasteiger partial charge in [0.1, 0.15) is 0 Å². The number of alkyl halides is 2. The van der Waals surface area contributed by atoms with E-state index in [9.17, 15) is 13.6 Å². The van der Waals surface area contributed by atoms with Gasteiger partial charge in [0.2, 0.25) is 0 Å². The van der Waals surface area contributed by atoms with Crippen LogP contribution in [0.5, 0.6) is 0 Å². The Hall–Kier alpha value is -1.45. The molecule has 0 saturated carbocycles. The Labute approximate surface area is 80.9 Å². The summed E-state index contributed by atoms with van der Waals surface area (Å²) >= 11 is 0. The van der Waals surface area contributed by atoms with Crippen LogP contribution in [0.3, 0.4) is 0 Å². The van der Waals surface area contributed by atoms with Crippen LogP contribution in [0.2, 0.25) is 0 Å². The summed E-state index contributed by atoms with van der Waals surface area (Å²) in [7, 11) is 0. The van der Waals surface area contributed by atoms with Crippen molar-refractivity contribution in [2.45, 2.75) is 13.3 Å². The van der Waals surface area contributed by atoms with Crippen LogP contribution in [0.25, 0.3) is 0 Å². The smallest absolute Gasteiger partial charge is 0.255 e. The van der Waals surface area contributed by atoms with Gasteiger partial charge >= 0.3 is 0 Å². The Kier molecular flexibility index (Phi) is 3.56. The van der Waals surface area contributed by atoms with Gasteiger partial charge in [-0.2, -0.15) is 0 Å². The minimum atomic E-state index is -2.51. The van der Waals surface area contributed by atoms with Gasteiger partial charge in [-0.1, -0.05) is 17.7 Å². The summed E-state index contributed by atoms with van der Waals surface area (Å²) in [5.41, 5.74) is 1.42. The van der Waals surface area contributed by atoms with E-state index >= 15 is 0 Å². The standard InChI is InChI=1S/C10H11F2NO/c1-7-2-4-8(5-3-7)10(14)13-6-9(11)12/h2-5,9H,6H2,1H3,(H,13,14). The van der Waals surface area contributed by atoms with E-state index in [1.54, 1.807) is 24.3 Å². The van der Waals surface area contributed by atoms with E-state index in [1.807, 2.05) is 6.92 Å². The van der Waals surface area contributed by atoms with Crippen molar-refractivity contribution in [3.8, 4) is 0 Å². The van der Waals surface area contributed by atoms with Gasteiger partial charge in [0, 0.05) is 5.56 Å². The fourth-order valence-corrected chi connectivity index (χ4v) is 0.977. The molecule has 14 heavy (non-hydrogen) atoms. The van der Waals surface area contributed by atoms with Crippen molar-refractivity contribution in [3.05, 3.63) is 35.4 Å². The van der Waals surface area contributed by atoms with Crippen molar-refractivity contribution in [1.29, 1.82) is 0 Å². The van der Waals surface area contributed by atoms with E-state index in [4.69, 9.17) is 0 Å². The van der Waals surface area contributed by atoms with Gasteiger partial charge in [-0.25, -0.2) is 8.78 Å². The molecule has 0 bridgehead atoms. The fourth-order valence-electron chi connectivity index (χ4n) is 0.977. The molecule has 0 fully saturated rings. The number of halogens is 2. The molecule has 0 unspecified atom stereocenters. The maximum Gasteiger partial charge on any atom is 0.255 e. The molecule has 1 N–H and O–H groups in total. The van der Waals surface area contributed by atoms with Gasteiger partial charge in [-0.15, -0.1) is 0 Å². The molecule has 0 aliphatic heterocycles. The summed E-state index contributed by atoms with van der Waals surface area (Å²) in [5.74, 6) is -0.467. The average Bonchev–Trinajstić information content (AvgIpc) is 2.15. The van der Waals surface area contributed by atoms with Crippen LogP contribution in [0.1, 0.15) is 15.9 Å². The molecule has 0 aromatic heterocycles. The third-order valence-corrected chi connectivity index (χ3v) is 1.73. The molecule has 0 heterocycles. The highest BCUT2D eigenvalue weighted by atomic mass is 19.3. The van der Waals surface area contributed by atoms with Crippen LogP contribution < -0.4 is 5.32 Å². The molecule has 4 heteroatoms. The van der Waals surface area contributed by atoms with E-state index in [0.717, 1.165) is 5.56 Å². The predicted octanol–water partition coefficient (Wildman–Crippen LogP) is 1.99. The first kappa shape index (κ1) is 10.6. The SMILES string of the molecule is Cc1ccc(C(=O)NCC(F)F)cc1. The van der Waals surface area contributed by atoms with Crippen molar-refractivity contribution in [1.82, 2.24) is 5.32 Å². The number of rotatable bonds is 3. The van der Waals surface area contributed by atoms with E-state index in [-0.39, 0.29) is 0 Å². The molecule has 0 aliphatic rings. The molecular formula is C10H11F2NO. The monoisotopic (exact) mass is 199 g/mol. The number of aryl methyl sites for hydroxylation is 1. The largest absolute Gasteiger partial charge is 0.346 e. The Morgan fingerprint density at radius 1 is 1.36 bits per heavy atom. The number of amides is 1. The molecule has 1 aromatic carbocycles. The minimum absolute atomic E-state index is 0.399. The number of hydrogen-bond donors (Lipinski definition) is 1. The first-order chi connectivity index (χ1) is 6.59. The zero-order chi connectivity index (χ0) is 10.6. The average molecular weight is 199 g/mol. The highest BCUT2D eigenvalue weighted by Crippen LogP contribution is 2.02. The maximum atomic E-state index is 11.8. The Morgan fingerprint density at radius 2 is 1.93 bits per heavy atom. The van der Waals surface area contributed by atoms with Crippen LogP contribution in [0, 0.1) is 6.92 Å². The number of hydrogen-bond acceptors (Lipinski definition) is 1. The summed E-state index contributed by atoms with van der Waals surface area (Å²) in [4.78, 5) is 11.2. The third-order valence-electron chi connectivity index (χ3n) is 1.73. The van der Waals surface area contributed by atoms with E-state index in [1.165, 1.54) is 0 Å². The summed E-state index contributed by atoms with van der Waals surface area (Å²) in [6, 6.07) is 6.74. The molecule has 0 atom stereocenters. The lowest BCUT2D eigenvalue weighted by Crippen LogP contribution is -2.28. The molecule has 76 valence electrons. The van der Waals surface area contributed by atoms with Crippen molar-refractivity contribution in [2.24, 2.45) is 0 Å². The predicted molar refractivity (Wildman–Crippen MR) is 49.5 cm³/mol. The second-order valence-corrected chi connectivity index (χ2v) is 2.97. The maximum absolute atomic E-state index is 11.8.